The first-order valence-electron chi connectivity index (χ1n) is 4.95. The van der Waals surface area contributed by atoms with E-state index in [-0.39, 0.29) is 5.95 Å². The normalized spacial score (nSPS) is 9.88. The highest BCUT2D eigenvalue weighted by atomic mass is 35.5. The summed E-state index contributed by atoms with van der Waals surface area (Å²) in [5, 5.41) is 9.62. The maximum Gasteiger partial charge on any atom is 0.220 e. The number of halogens is 1. The van der Waals surface area contributed by atoms with Gasteiger partial charge in [-0.1, -0.05) is 23.7 Å². The number of nitrogens with zero attached hydrogens (tertiary/aromatic N) is 3. The van der Waals surface area contributed by atoms with E-state index in [9.17, 15) is 0 Å². The van der Waals surface area contributed by atoms with E-state index in [1.807, 2.05) is 18.2 Å². The number of nitriles is 1. The summed E-state index contributed by atoms with van der Waals surface area (Å²) in [5.74, 6) is 0.174. The van der Waals surface area contributed by atoms with Crippen molar-refractivity contribution in [3.63, 3.8) is 0 Å². The molecule has 1 heterocycles. The van der Waals surface area contributed by atoms with Gasteiger partial charge in [0.2, 0.25) is 5.95 Å². The van der Waals surface area contributed by atoms with Crippen LogP contribution in [0.25, 0.3) is 0 Å². The Morgan fingerprint density at radius 2 is 2.00 bits per heavy atom. The number of hydrogen-bond acceptors (Lipinski definition) is 4. The van der Waals surface area contributed by atoms with Gasteiger partial charge in [-0.3, -0.25) is 0 Å². The van der Waals surface area contributed by atoms with E-state index in [1.54, 1.807) is 12.1 Å². The zero-order valence-electron chi connectivity index (χ0n) is 8.89. The summed E-state index contributed by atoms with van der Waals surface area (Å²) >= 11 is 5.80. The minimum Gasteiger partial charge on any atom is -0.368 e. The maximum atomic E-state index is 8.94. The number of aromatic nitrogens is 2. The van der Waals surface area contributed by atoms with Crippen LogP contribution in [0.5, 0.6) is 0 Å². The molecule has 0 saturated carbocycles. The third kappa shape index (κ3) is 2.71. The second-order valence-electron chi connectivity index (χ2n) is 3.50. The molecule has 17 heavy (non-hydrogen) atoms. The minimum absolute atomic E-state index is 0.174. The Morgan fingerprint density at radius 1 is 1.29 bits per heavy atom. The van der Waals surface area contributed by atoms with E-state index >= 15 is 0 Å². The fourth-order valence-electron chi connectivity index (χ4n) is 1.46. The summed E-state index contributed by atoms with van der Waals surface area (Å²) in [6.45, 7) is 0. The Labute approximate surface area is 104 Å². The van der Waals surface area contributed by atoms with E-state index in [1.165, 1.54) is 6.20 Å². The van der Waals surface area contributed by atoms with Crippen LogP contribution in [0.4, 0.5) is 5.95 Å². The zero-order chi connectivity index (χ0) is 12.3. The molecular formula is C12H9ClN4. The summed E-state index contributed by atoms with van der Waals surface area (Å²) in [7, 11) is 0. The van der Waals surface area contributed by atoms with Crippen LogP contribution in [0.2, 0.25) is 5.02 Å². The standard InChI is InChI=1S/C12H9ClN4/c13-10-3-1-8(2-4-10)5-11-9(6-14)7-16-12(15)17-11/h1-4,7H,5H2,(H2,15,16,17). The summed E-state index contributed by atoms with van der Waals surface area (Å²) in [5.41, 5.74) is 7.59. The average Bonchev–Trinajstić information content (AvgIpc) is 2.32. The lowest BCUT2D eigenvalue weighted by Crippen LogP contribution is -2.02. The average molecular weight is 245 g/mol. The van der Waals surface area contributed by atoms with Crippen molar-refractivity contribution in [3.8, 4) is 6.07 Å². The number of benzene rings is 1. The first-order valence-corrected chi connectivity index (χ1v) is 5.33. The van der Waals surface area contributed by atoms with Gasteiger partial charge in [0.05, 0.1) is 17.5 Å². The smallest absolute Gasteiger partial charge is 0.220 e. The van der Waals surface area contributed by atoms with Crippen molar-refractivity contribution in [1.29, 1.82) is 5.26 Å². The number of anilines is 1. The van der Waals surface area contributed by atoms with Crippen LogP contribution in [0, 0.1) is 11.3 Å². The predicted octanol–water partition coefficient (Wildman–Crippen LogP) is 2.17. The SMILES string of the molecule is N#Cc1cnc(N)nc1Cc1ccc(Cl)cc1. The highest BCUT2D eigenvalue weighted by Crippen LogP contribution is 2.15. The molecule has 0 aliphatic rings. The van der Waals surface area contributed by atoms with Gasteiger partial charge in [0.1, 0.15) is 6.07 Å². The second-order valence-corrected chi connectivity index (χ2v) is 3.94. The van der Waals surface area contributed by atoms with Crippen molar-refractivity contribution < 1.29 is 0 Å². The van der Waals surface area contributed by atoms with Gasteiger partial charge in [0, 0.05) is 11.4 Å². The molecule has 0 aliphatic heterocycles. The van der Waals surface area contributed by atoms with Crippen molar-refractivity contribution in [2.75, 3.05) is 5.73 Å². The molecule has 1 aromatic carbocycles. The Balaban J connectivity index is 2.32. The molecule has 0 saturated heterocycles. The van der Waals surface area contributed by atoms with Crippen molar-refractivity contribution in [2.24, 2.45) is 0 Å². The monoisotopic (exact) mass is 244 g/mol. The molecule has 4 nitrogen and oxygen atoms in total. The van der Waals surface area contributed by atoms with Crippen LogP contribution in [0.3, 0.4) is 0 Å². The first-order chi connectivity index (χ1) is 8.19. The van der Waals surface area contributed by atoms with E-state index in [0.29, 0.717) is 22.7 Å². The lowest BCUT2D eigenvalue weighted by atomic mass is 10.1. The van der Waals surface area contributed by atoms with Gasteiger partial charge >= 0.3 is 0 Å². The Hall–Kier alpha value is -2.12. The molecule has 0 radical (unpaired) electrons. The molecular weight excluding hydrogens is 236 g/mol. The quantitative estimate of drug-likeness (QED) is 0.879. The fourth-order valence-corrected chi connectivity index (χ4v) is 1.58. The van der Waals surface area contributed by atoms with E-state index in [0.717, 1.165) is 5.56 Å². The molecule has 0 amide bonds. The molecule has 84 valence electrons. The second kappa shape index (κ2) is 4.81. The topological polar surface area (TPSA) is 75.6 Å². The molecule has 0 bridgehead atoms. The molecule has 0 spiro atoms. The predicted molar refractivity (Wildman–Crippen MR) is 65.4 cm³/mol. The molecule has 5 heteroatoms. The third-order valence-electron chi connectivity index (χ3n) is 2.29. The summed E-state index contributed by atoms with van der Waals surface area (Å²) in [6.07, 6.45) is 1.97. The number of hydrogen-bond donors (Lipinski definition) is 1. The van der Waals surface area contributed by atoms with E-state index in [2.05, 4.69) is 9.97 Å². The molecule has 0 fully saturated rings. The van der Waals surface area contributed by atoms with Crippen LogP contribution >= 0.6 is 11.6 Å². The summed E-state index contributed by atoms with van der Waals surface area (Å²) < 4.78 is 0. The number of nitrogen functional groups attached to an aromatic ring is 1. The van der Waals surface area contributed by atoms with Crippen molar-refractivity contribution in [2.45, 2.75) is 6.42 Å². The van der Waals surface area contributed by atoms with E-state index < -0.39 is 0 Å². The van der Waals surface area contributed by atoms with E-state index in [4.69, 9.17) is 22.6 Å². The minimum atomic E-state index is 0.174. The van der Waals surface area contributed by atoms with Crippen LogP contribution in [-0.2, 0) is 6.42 Å². The zero-order valence-corrected chi connectivity index (χ0v) is 9.65. The molecule has 2 rings (SSSR count). The number of rotatable bonds is 2. The van der Waals surface area contributed by atoms with Gasteiger partial charge in [0.25, 0.3) is 0 Å². The molecule has 0 aliphatic carbocycles. The Bertz CT molecular complexity index is 572. The number of nitrogens with two attached hydrogens (primary N) is 1. The molecule has 0 unspecified atom stereocenters. The molecule has 2 N–H and O–H groups in total. The van der Waals surface area contributed by atoms with Gasteiger partial charge in [-0.25, -0.2) is 9.97 Å². The largest absolute Gasteiger partial charge is 0.368 e. The summed E-state index contributed by atoms with van der Waals surface area (Å²) in [4.78, 5) is 7.86. The van der Waals surface area contributed by atoms with Crippen LogP contribution in [-0.4, -0.2) is 9.97 Å². The van der Waals surface area contributed by atoms with Gasteiger partial charge in [-0.05, 0) is 17.7 Å². The third-order valence-corrected chi connectivity index (χ3v) is 2.54. The maximum absolute atomic E-state index is 8.94. The van der Waals surface area contributed by atoms with Crippen LogP contribution in [0.1, 0.15) is 16.8 Å². The lowest BCUT2D eigenvalue weighted by molar-refractivity contribution is 1.03. The highest BCUT2D eigenvalue weighted by Gasteiger charge is 2.06. The molecule has 2 aromatic rings. The van der Waals surface area contributed by atoms with Crippen LogP contribution < -0.4 is 5.73 Å². The Morgan fingerprint density at radius 3 is 2.65 bits per heavy atom. The van der Waals surface area contributed by atoms with Crippen LogP contribution in [0.15, 0.2) is 30.5 Å². The van der Waals surface area contributed by atoms with Gasteiger partial charge in [0.15, 0.2) is 0 Å². The van der Waals surface area contributed by atoms with Crippen molar-refractivity contribution in [3.05, 3.63) is 52.3 Å². The van der Waals surface area contributed by atoms with Crippen molar-refractivity contribution >= 4 is 17.5 Å². The Kier molecular flexibility index (Phi) is 3.22. The highest BCUT2D eigenvalue weighted by molar-refractivity contribution is 6.30. The van der Waals surface area contributed by atoms with Gasteiger partial charge in [-0.15, -0.1) is 0 Å². The van der Waals surface area contributed by atoms with Gasteiger partial charge in [-0.2, -0.15) is 5.26 Å². The molecule has 1 aromatic heterocycles. The summed E-state index contributed by atoms with van der Waals surface area (Å²) in [6, 6.07) is 9.43. The van der Waals surface area contributed by atoms with Crippen molar-refractivity contribution in [1.82, 2.24) is 9.97 Å². The molecule has 0 atom stereocenters. The van der Waals surface area contributed by atoms with Gasteiger partial charge < -0.3 is 5.73 Å². The fraction of sp³-hybridized carbons (Fsp3) is 0.0833. The lowest BCUT2D eigenvalue weighted by Gasteiger charge is -2.04. The first kappa shape index (κ1) is 11.4.